The molecule has 0 atom stereocenters. The number of nitrogens with one attached hydrogen (secondary N) is 2. The van der Waals surface area contributed by atoms with Gasteiger partial charge in [-0.1, -0.05) is 30.3 Å². The van der Waals surface area contributed by atoms with Crippen LogP contribution in [-0.4, -0.2) is 43.1 Å². The van der Waals surface area contributed by atoms with E-state index in [0.29, 0.717) is 11.4 Å². The lowest BCUT2D eigenvalue weighted by Gasteiger charge is -2.23. The third-order valence-electron chi connectivity index (χ3n) is 4.53. The van der Waals surface area contributed by atoms with Crippen molar-refractivity contribution in [2.24, 2.45) is 5.10 Å². The summed E-state index contributed by atoms with van der Waals surface area (Å²) in [5, 5.41) is 10.7. The molecule has 31 heavy (non-hydrogen) atoms. The number of methoxy groups -OCH3 is 1. The van der Waals surface area contributed by atoms with Crippen LogP contribution in [0.1, 0.15) is 18.4 Å². The van der Waals surface area contributed by atoms with E-state index in [1.54, 1.807) is 48.5 Å². The van der Waals surface area contributed by atoms with Crippen LogP contribution in [0.25, 0.3) is 0 Å². The van der Waals surface area contributed by atoms with Crippen LogP contribution < -0.4 is 15.6 Å². The summed E-state index contributed by atoms with van der Waals surface area (Å²) in [6, 6.07) is 15.7. The van der Waals surface area contributed by atoms with Gasteiger partial charge in [-0.2, -0.15) is 5.10 Å². The van der Waals surface area contributed by atoms with Gasteiger partial charge in [0, 0.05) is 18.5 Å². The summed E-state index contributed by atoms with van der Waals surface area (Å²) in [6.07, 6.45) is 0.541. The topological polar surface area (TPSA) is 117 Å². The molecule has 3 rings (SSSR count). The highest BCUT2D eigenvalue weighted by molar-refractivity contribution is 6.44. The SMILES string of the molecule is COC(=O)CNC(=O)Cc1ccc(NC(=O)C2=NN(c3ccccc3)C(=O)CC2)cc1. The van der Waals surface area contributed by atoms with Crippen LogP contribution in [0.2, 0.25) is 0 Å². The van der Waals surface area contributed by atoms with Gasteiger partial charge in [0.05, 0.1) is 19.2 Å². The number of esters is 1. The molecule has 0 aromatic heterocycles. The largest absolute Gasteiger partial charge is 0.468 e. The van der Waals surface area contributed by atoms with E-state index in [4.69, 9.17) is 0 Å². The predicted octanol–water partition coefficient (Wildman–Crippen LogP) is 1.64. The van der Waals surface area contributed by atoms with Crippen molar-refractivity contribution in [1.29, 1.82) is 0 Å². The summed E-state index contributed by atoms with van der Waals surface area (Å²) in [6.45, 7) is -0.186. The van der Waals surface area contributed by atoms with E-state index >= 15 is 0 Å². The Labute approximate surface area is 179 Å². The lowest BCUT2D eigenvalue weighted by atomic mass is 10.1. The summed E-state index contributed by atoms with van der Waals surface area (Å²) < 4.78 is 4.47. The maximum absolute atomic E-state index is 12.6. The molecule has 9 nitrogen and oxygen atoms in total. The maximum atomic E-state index is 12.6. The minimum atomic E-state index is -0.524. The molecule has 0 unspecified atom stereocenters. The van der Waals surface area contributed by atoms with Crippen LogP contribution in [-0.2, 0) is 30.3 Å². The second-order valence-corrected chi connectivity index (χ2v) is 6.77. The number of hydrazone groups is 1. The summed E-state index contributed by atoms with van der Waals surface area (Å²) in [4.78, 5) is 47.7. The van der Waals surface area contributed by atoms with Crippen molar-refractivity contribution in [1.82, 2.24) is 5.32 Å². The van der Waals surface area contributed by atoms with Crippen molar-refractivity contribution < 1.29 is 23.9 Å². The highest BCUT2D eigenvalue weighted by atomic mass is 16.5. The third kappa shape index (κ3) is 5.99. The zero-order valence-corrected chi connectivity index (χ0v) is 17.0. The number of hydrogen-bond donors (Lipinski definition) is 2. The molecule has 0 saturated carbocycles. The number of carbonyl (C=O) groups excluding carboxylic acids is 4. The summed E-state index contributed by atoms with van der Waals surface area (Å²) in [7, 11) is 1.25. The molecule has 0 saturated heterocycles. The average Bonchev–Trinajstić information content (AvgIpc) is 2.79. The number of nitrogens with zero attached hydrogens (tertiary/aromatic N) is 2. The van der Waals surface area contributed by atoms with Gasteiger partial charge in [0.1, 0.15) is 12.3 Å². The van der Waals surface area contributed by atoms with Gasteiger partial charge in [-0.3, -0.25) is 19.2 Å². The molecule has 0 aliphatic carbocycles. The smallest absolute Gasteiger partial charge is 0.325 e. The molecule has 2 aromatic rings. The van der Waals surface area contributed by atoms with E-state index < -0.39 is 11.9 Å². The van der Waals surface area contributed by atoms with Crippen molar-refractivity contribution in [3.63, 3.8) is 0 Å². The van der Waals surface area contributed by atoms with Gasteiger partial charge in [-0.15, -0.1) is 0 Å². The quantitative estimate of drug-likeness (QED) is 0.658. The number of ether oxygens (including phenoxy) is 1. The Hall–Kier alpha value is -4.01. The maximum Gasteiger partial charge on any atom is 0.325 e. The molecule has 0 bridgehead atoms. The Bertz CT molecular complexity index is 1000. The summed E-state index contributed by atoms with van der Waals surface area (Å²) in [5.41, 5.74) is 2.12. The number of carbonyl (C=O) groups is 4. The number of hydrogen-bond acceptors (Lipinski definition) is 6. The van der Waals surface area contributed by atoms with Crippen LogP contribution in [0.3, 0.4) is 0 Å². The van der Waals surface area contributed by atoms with E-state index in [0.717, 1.165) is 5.56 Å². The Balaban J connectivity index is 1.59. The van der Waals surface area contributed by atoms with Crippen LogP contribution in [0.15, 0.2) is 59.7 Å². The molecule has 2 aromatic carbocycles. The lowest BCUT2D eigenvalue weighted by Crippen LogP contribution is -2.36. The van der Waals surface area contributed by atoms with Gasteiger partial charge in [0.25, 0.3) is 5.91 Å². The monoisotopic (exact) mass is 422 g/mol. The van der Waals surface area contributed by atoms with Crippen LogP contribution >= 0.6 is 0 Å². The first-order valence-corrected chi connectivity index (χ1v) is 9.65. The fraction of sp³-hybridized carbons (Fsp3) is 0.227. The van der Waals surface area contributed by atoms with E-state index in [2.05, 4.69) is 20.5 Å². The van der Waals surface area contributed by atoms with Crippen molar-refractivity contribution in [2.45, 2.75) is 19.3 Å². The molecule has 0 spiro atoms. The summed E-state index contributed by atoms with van der Waals surface area (Å²) >= 11 is 0. The van der Waals surface area contributed by atoms with Gasteiger partial charge in [-0.05, 0) is 29.8 Å². The molecule has 0 radical (unpaired) electrons. The predicted molar refractivity (Wildman–Crippen MR) is 114 cm³/mol. The van der Waals surface area contributed by atoms with Crippen LogP contribution in [0, 0.1) is 0 Å². The van der Waals surface area contributed by atoms with E-state index in [-0.39, 0.29) is 43.3 Å². The van der Waals surface area contributed by atoms with Gasteiger partial charge in [0.15, 0.2) is 0 Å². The Morgan fingerprint density at radius 1 is 1.03 bits per heavy atom. The Morgan fingerprint density at radius 2 is 1.74 bits per heavy atom. The highest BCUT2D eigenvalue weighted by Gasteiger charge is 2.25. The van der Waals surface area contributed by atoms with Crippen molar-refractivity contribution in [3.05, 3.63) is 60.2 Å². The standard InChI is InChI=1S/C22H22N4O5/c1-31-21(29)14-23-19(27)13-15-7-9-16(10-8-15)24-22(30)18-11-12-20(28)26(25-18)17-5-3-2-4-6-17/h2-10H,11-14H2,1H3,(H,23,27)(H,24,30). The van der Waals surface area contributed by atoms with Crippen molar-refractivity contribution in [3.8, 4) is 0 Å². The number of anilines is 2. The second kappa shape index (κ2) is 10.1. The Morgan fingerprint density at radius 3 is 2.42 bits per heavy atom. The normalized spacial score (nSPS) is 13.3. The average molecular weight is 422 g/mol. The second-order valence-electron chi connectivity index (χ2n) is 6.77. The van der Waals surface area contributed by atoms with E-state index in [1.807, 2.05) is 6.07 Å². The Kier molecular flexibility index (Phi) is 7.10. The fourth-order valence-electron chi connectivity index (χ4n) is 2.89. The number of rotatable bonds is 7. The zero-order valence-electron chi connectivity index (χ0n) is 17.0. The van der Waals surface area contributed by atoms with Crippen LogP contribution in [0.5, 0.6) is 0 Å². The summed E-state index contributed by atoms with van der Waals surface area (Å²) in [5.74, 6) is -1.40. The van der Waals surface area contributed by atoms with Gasteiger partial charge in [0.2, 0.25) is 11.8 Å². The lowest BCUT2D eigenvalue weighted by molar-refractivity contribution is -0.141. The molecule has 1 aliphatic heterocycles. The van der Waals surface area contributed by atoms with Crippen molar-refractivity contribution in [2.75, 3.05) is 24.0 Å². The molecule has 3 amide bonds. The minimum absolute atomic E-state index is 0.0894. The van der Waals surface area contributed by atoms with Gasteiger partial charge in [-0.25, -0.2) is 5.01 Å². The molecular formula is C22H22N4O5. The molecular weight excluding hydrogens is 400 g/mol. The first-order chi connectivity index (χ1) is 15.0. The third-order valence-corrected chi connectivity index (χ3v) is 4.53. The molecule has 9 heteroatoms. The van der Waals surface area contributed by atoms with Gasteiger partial charge < -0.3 is 15.4 Å². The molecule has 0 fully saturated rings. The van der Waals surface area contributed by atoms with E-state index in [1.165, 1.54) is 12.1 Å². The molecule has 2 N–H and O–H groups in total. The highest BCUT2D eigenvalue weighted by Crippen LogP contribution is 2.20. The first-order valence-electron chi connectivity index (χ1n) is 9.65. The number of para-hydroxylation sites is 1. The molecule has 1 aliphatic rings. The van der Waals surface area contributed by atoms with Crippen LogP contribution in [0.4, 0.5) is 11.4 Å². The molecule has 1 heterocycles. The number of benzene rings is 2. The minimum Gasteiger partial charge on any atom is -0.468 e. The van der Waals surface area contributed by atoms with Gasteiger partial charge >= 0.3 is 5.97 Å². The van der Waals surface area contributed by atoms with Crippen molar-refractivity contribution >= 4 is 40.8 Å². The fourth-order valence-corrected chi connectivity index (χ4v) is 2.89. The molecule has 160 valence electrons. The van der Waals surface area contributed by atoms with E-state index in [9.17, 15) is 19.2 Å². The first kappa shape index (κ1) is 21.7. The zero-order chi connectivity index (χ0) is 22.2. The number of amides is 3.